The standard InChI is InChI=1S/C17H26N2O2/c1-2-14-7-8-17(20)19(10-9-14)11-12-21-16-6-4-3-5-15(16)13-18/h3-6,14H,2,7-13,18H2,1H3. The average Bonchev–Trinajstić information content (AvgIpc) is 2.70. The van der Waals surface area contributed by atoms with Crippen molar-refractivity contribution in [2.75, 3.05) is 19.7 Å². The Morgan fingerprint density at radius 3 is 2.90 bits per heavy atom. The van der Waals surface area contributed by atoms with Crippen LogP contribution in [0.4, 0.5) is 0 Å². The van der Waals surface area contributed by atoms with Crippen molar-refractivity contribution in [1.82, 2.24) is 4.90 Å². The minimum atomic E-state index is 0.265. The first-order chi connectivity index (χ1) is 10.2. The number of hydrogen-bond acceptors (Lipinski definition) is 3. The Kier molecular flexibility index (Phi) is 6.05. The monoisotopic (exact) mass is 290 g/mol. The summed E-state index contributed by atoms with van der Waals surface area (Å²) in [5, 5.41) is 0. The van der Waals surface area contributed by atoms with Crippen molar-refractivity contribution in [3.8, 4) is 5.75 Å². The summed E-state index contributed by atoms with van der Waals surface area (Å²) >= 11 is 0. The highest BCUT2D eigenvalue weighted by atomic mass is 16.5. The number of benzene rings is 1. The molecule has 0 aromatic heterocycles. The largest absolute Gasteiger partial charge is 0.491 e. The second-order valence-corrected chi connectivity index (χ2v) is 5.64. The average molecular weight is 290 g/mol. The third-order valence-electron chi connectivity index (χ3n) is 4.32. The lowest BCUT2D eigenvalue weighted by atomic mass is 9.98. The van der Waals surface area contributed by atoms with Crippen LogP contribution in [0.15, 0.2) is 24.3 Å². The Morgan fingerprint density at radius 1 is 1.33 bits per heavy atom. The predicted octanol–water partition coefficient (Wildman–Crippen LogP) is 2.56. The first-order valence-corrected chi connectivity index (χ1v) is 7.93. The van der Waals surface area contributed by atoms with E-state index in [9.17, 15) is 4.79 Å². The van der Waals surface area contributed by atoms with Crippen molar-refractivity contribution < 1.29 is 9.53 Å². The second-order valence-electron chi connectivity index (χ2n) is 5.64. The number of nitrogens with zero attached hydrogens (tertiary/aromatic N) is 1. The molecular weight excluding hydrogens is 264 g/mol. The first kappa shape index (κ1) is 15.8. The van der Waals surface area contributed by atoms with Crippen LogP contribution in [0.3, 0.4) is 0 Å². The van der Waals surface area contributed by atoms with E-state index in [1.807, 2.05) is 29.2 Å². The van der Waals surface area contributed by atoms with Crippen molar-refractivity contribution in [1.29, 1.82) is 0 Å². The summed E-state index contributed by atoms with van der Waals surface area (Å²) in [5.41, 5.74) is 6.70. The van der Waals surface area contributed by atoms with E-state index in [0.717, 1.165) is 30.7 Å². The van der Waals surface area contributed by atoms with Crippen molar-refractivity contribution in [3.05, 3.63) is 29.8 Å². The summed E-state index contributed by atoms with van der Waals surface area (Å²) in [6.45, 7) is 4.72. The van der Waals surface area contributed by atoms with Gasteiger partial charge in [0.05, 0.1) is 6.54 Å². The van der Waals surface area contributed by atoms with E-state index in [4.69, 9.17) is 10.5 Å². The minimum Gasteiger partial charge on any atom is -0.491 e. The Hall–Kier alpha value is -1.55. The molecule has 21 heavy (non-hydrogen) atoms. The Morgan fingerprint density at radius 2 is 2.14 bits per heavy atom. The number of carbonyl (C=O) groups excluding carboxylic acids is 1. The summed E-state index contributed by atoms with van der Waals surface area (Å²) in [7, 11) is 0. The number of hydrogen-bond donors (Lipinski definition) is 1. The zero-order valence-electron chi connectivity index (χ0n) is 12.9. The molecule has 116 valence electrons. The molecule has 1 saturated heterocycles. The van der Waals surface area contributed by atoms with E-state index in [1.165, 1.54) is 6.42 Å². The van der Waals surface area contributed by atoms with Gasteiger partial charge in [-0.05, 0) is 24.8 Å². The topological polar surface area (TPSA) is 55.6 Å². The molecule has 0 radical (unpaired) electrons. The maximum absolute atomic E-state index is 12.1. The third kappa shape index (κ3) is 4.46. The van der Waals surface area contributed by atoms with E-state index in [2.05, 4.69) is 6.92 Å². The molecule has 1 aromatic rings. The van der Waals surface area contributed by atoms with Crippen molar-refractivity contribution in [2.24, 2.45) is 11.7 Å². The molecular formula is C17H26N2O2. The van der Waals surface area contributed by atoms with Crippen LogP contribution in [0.5, 0.6) is 5.75 Å². The van der Waals surface area contributed by atoms with Crippen molar-refractivity contribution in [2.45, 2.75) is 39.2 Å². The fourth-order valence-electron chi connectivity index (χ4n) is 2.82. The number of para-hydroxylation sites is 1. The van der Waals surface area contributed by atoms with Gasteiger partial charge in [-0.2, -0.15) is 0 Å². The maximum atomic E-state index is 12.1. The second kappa shape index (κ2) is 8.03. The normalized spacial score (nSPS) is 19.4. The zero-order valence-corrected chi connectivity index (χ0v) is 12.9. The molecule has 1 fully saturated rings. The number of nitrogens with two attached hydrogens (primary N) is 1. The molecule has 4 heteroatoms. The lowest BCUT2D eigenvalue weighted by Crippen LogP contribution is -2.34. The van der Waals surface area contributed by atoms with E-state index in [1.54, 1.807) is 0 Å². The lowest BCUT2D eigenvalue weighted by Gasteiger charge is -2.21. The fourth-order valence-corrected chi connectivity index (χ4v) is 2.82. The highest BCUT2D eigenvalue weighted by Crippen LogP contribution is 2.21. The minimum absolute atomic E-state index is 0.265. The zero-order chi connectivity index (χ0) is 15.1. The van der Waals surface area contributed by atoms with Crippen LogP contribution in [0, 0.1) is 5.92 Å². The van der Waals surface area contributed by atoms with E-state index < -0.39 is 0 Å². The Bertz CT molecular complexity index is 462. The van der Waals surface area contributed by atoms with Crippen LogP contribution in [0.2, 0.25) is 0 Å². The number of ether oxygens (including phenoxy) is 1. The number of amides is 1. The maximum Gasteiger partial charge on any atom is 0.222 e. The first-order valence-electron chi connectivity index (χ1n) is 7.93. The van der Waals surface area contributed by atoms with Gasteiger partial charge < -0.3 is 15.4 Å². The Labute approximate surface area is 127 Å². The molecule has 0 spiro atoms. The molecule has 1 atom stereocenters. The molecule has 1 heterocycles. The van der Waals surface area contributed by atoms with Crippen LogP contribution in [-0.2, 0) is 11.3 Å². The molecule has 0 aliphatic carbocycles. The predicted molar refractivity (Wildman–Crippen MR) is 84.0 cm³/mol. The molecule has 1 unspecified atom stereocenters. The van der Waals surface area contributed by atoms with Crippen molar-refractivity contribution in [3.63, 3.8) is 0 Å². The van der Waals surface area contributed by atoms with Crippen LogP contribution in [0.25, 0.3) is 0 Å². The van der Waals surface area contributed by atoms with E-state index >= 15 is 0 Å². The van der Waals surface area contributed by atoms with E-state index in [-0.39, 0.29) is 5.91 Å². The fraction of sp³-hybridized carbons (Fsp3) is 0.588. The van der Waals surface area contributed by atoms with Crippen LogP contribution >= 0.6 is 0 Å². The van der Waals surface area contributed by atoms with Gasteiger partial charge in [0.1, 0.15) is 12.4 Å². The smallest absolute Gasteiger partial charge is 0.222 e. The van der Waals surface area contributed by atoms with Crippen LogP contribution in [0.1, 0.15) is 38.2 Å². The third-order valence-corrected chi connectivity index (χ3v) is 4.32. The molecule has 0 saturated carbocycles. The van der Waals surface area contributed by atoms with Gasteiger partial charge in [-0.1, -0.05) is 31.5 Å². The summed E-state index contributed by atoms with van der Waals surface area (Å²) in [5.74, 6) is 1.79. The van der Waals surface area contributed by atoms with Gasteiger partial charge >= 0.3 is 0 Å². The van der Waals surface area contributed by atoms with Crippen LogP contribution < -0.4 is 10.5 Å². The molecule has 2 rings (SSSR count). The van der Waals surface area contributed by atoms with Gasteiger partial charge in [0.15, 0.2) is 0 Å². The van der Waals surface area contributed by atoms with Gasteiger partial charge in [0, 0.05) is 25.1 Å². The quantitative estimate of drug-likeness (QED) is 0.876. The molecule has 0 bridgehead atoms. The number of rotatable bonds is 6. The molecule has 1 amide bonds. The highest BCUT2D eigenvalue weighted by Gasteiger charge is 2.21. The van der Waals surface area contributed by atoms with Gasteiger partial charge in [-0.25, -0.2) is 0 Å². The van der Waals surface area contributed by atoms with Gasteiger partial charge in [0.25, 0.3) is 0 Å². The number of likely N-dealkylation sites (tertiary alicyclic amines) is 1. The van der Waals surface area contributed by atoms with Crippen LogP contribution in [-0.4, -0.2) is 30.5 Å². The Balaban J connectivity index is 1.83. The SMILES string of the molecule is CCC1CCC(=O)N(CCOc2ccccc2CN)CC1. The van der Waals surface area contributed by atoms with Gasteiger partial charge in [-0.15, -0.1) is 0 Å². The molecule has 1 aliphatic rings. The molecule has 2 N–H and O–H groups in total. The number of carbonyl (C=O) groups is 1. The summed E-state index contributed by atoms with van der Waals surface area (Å²) in [6.07, 6.45) is 3.99. The molecule has 1 aromatic carbocycles. The summed E-state index contributed by atoms with van der Waals surface area (Å²) in [4.78, 5) is 14.0. The summed E-state index contributed by atoms with van der Waals surface area (Å²) in [6, 6.07) is 7.80. The van der Waals surface area contributed by atoms with Gasteiger partial charge in [-0.3, -0.25) is 4.79 Å². The lowest BCUT2D eigenvalue weighted by molar-refractivity contribution is -0.131. The summed E-state index contributed by atoms with van der Waals surface area (Å²) < 4.78 is 5.80. The highest BCUT2D eigenvalue weighted by molar-refractivity contribution is 5.76. The van der Waals surface area contributed by atoms with Crippen molar-refractivity contribution >= 4 is 5.91 Å². The molecule has 1 aliphatic heterocycles. The van der Waals surface area contributed by atoms with E-state index in [0.29, 0.717) is 32.0 Å². The van der Waals surface area contributed by atoms with Gasteiger partial charge in [0.2, 0.25) is 5.91 Å². The molecule has 4 nitrogen and oxygen atoms in total.